The van der Waals surface area contributed by atoms with Crippen LogP contribution in [-0.4, -0.2) is 21.6 Å². The van der Waals surface area contributed by atoms with Crippen LogP contribution in [0.1, 0.15) is 19.4 Å². The molecule has 0 unspecified atom stereocenters. The van der Waals surface area contributed by atoms with E-state index < -0.39 is 6.61 Å². The van der Waals surface area contributed by atoms with Gasteiger partial charge in [-0.2, -0.15) is 8.78 Å². The zero-order chi connectivity index (χ0) is 17.0. The maximum absolute atomic E-state index is 12.2. The lowest BCUT2D eigenvalue weighted by atomic mass is 10.1. The molecule has 8 heteroatoms. The average Bonchev–Trinajstić information content (AvgIpc) is 2.94. The minimum absolute atomic E-state index is 0.200. The van der Waals surface area contributed by atoms with Gasteiger partial charge >= 0.3 is 6.61 Å². The van der Waals surface area contributed by atoms with E-state index in [0.29, 0.717) is 11.0 Å². The summed E-state index contributed by atoms with van der Waals surface area (Å²) in [7, 11) is 0. The molecule has 0 aliphatic carbocycles. The van der Waals surface area contributed by atoms with Crippen LogP contribution in [0.3, 0.4) is 0 Å². The molecule has 122 valence electrons. The molecule has 0 radical (unpaired) electrons. The number of fused-ring (bicyclic) bond motifs is 1. The first-order valence-electron chi connectivity index (χ1n) is 6.86. The van der Waals surface area contributed by atoms with Crippen LogP contribution in [0.2, 0.25) is 0 Å². The van der Waals surface area contributed by atoms with E-state index in [0.717, 1.165) is 20.7 Å². The smallest absolute Gasteiger partial charge is 0.388 e. The fraction of sp³-hybridized carbons (Fsp3) is 0.267. The van der Waals surface area contributed by atoms with Crippen LogP contribution in [0.4, 0.5) is 8.78 Å². The number of aromatic nitrogens is 3. The van der Waals surface area contributed by atoms with E-state index in [4.69, 9.17) is 0 Å². The second kappa shape index (κ2) is 7.74. The van der Waals surface area contributed by atoms with Gasteiger partial charge in [0.1, 0.15) is 9.61 Å². The van der Waals surface area contributed by atoms with Crippen LogP contribution < -0.4 is 4.74 Å². The zero-order valence-electron chi connectivity index (χ0n) is 12.7. The lowest BCUT2D eigenvalue weighted by Gasteiger charge is -2.07. The van der Waals surface area contributed by atoms with E-state index in [2.05, 4.69) is 35.6 Å². The number of nitrogens with zero attached hydrogens (tertiary/aromatic N) is 3. The summed E-state index contributed by atoms with van der Waals surface area (Å²) in [5.74, 6) is -0.200. The standard InChI is InChI=1S/C13H8BrF2N3OS.C2H6/c1-6-2-7(12-19-9(14)5-21-12)11-8(3-6)18-10(4-17-11)20-13(15)16;1-2/h2-5,13H,1H3;1-2H3. The third-order valence-electron chi connectivity index (χ3n) is 2.69. The van der Waals surface area contributed by atoms with Crippen molar-refractivity contribution in [2.75, 3.05) is 0 Å². The summed E-state index contributed by atoms with van der Waals surface area (Å²) >= 11 is 4.77. The summed E-state index contributed by atoms with van der Waals surface area (Å²) < 4.78 is 29.5. The third-order valence-corrected chi connectivity index (χ3v) is 4.27. The molecule has 23 heavy (non-hydrogen) atoms. The molecule has 1 aromatic carbocycles. The summed E-state index contributed by atoms with van der Waals surface area (Å²) in [4.78, 5) is 12.6. The van der Waals surface area contributed by atoms with Crippen LogP contribution in [0.25, 0.3) is 21.6 Å². The number of alkyl halides is 2. The van der Waals surface area contributed by atoms with Gasteiger partial charge in [0.2, 0.25) is 5.88 Å². The highest BCUT2D eigenvalue weighted by Crippen LogP contribution is 2.32. The molecular formula is C15H14BrF2N3OS. The van der Waals surface area contributed by atoms with Crippen molar-refractivity contribution in [3.63, 3.8) is 0 Å². The quantitative estimate of drug-likeness (QED) is 0.585. The normalized spacial score (nSPS) is 10.6. The Kier molecular flexibility index (Phi) is 5.95. The van der Waals surface area contributed by atoms with E-state index >= 15 is 0 Å². The first-order chi connectivity index (χ1) is 11.0. The molecule has 2 heterocycles. The van der Waals surface area contributed by atoms with Crippen molar-refractivity contribution < 1.29 is 13.5 Å². The van der Waals surface area contributed by atoms with Crippen molar-refractivity contribution in [3.05, 3.63) is 33.9 Å². The summed E-state index contributed by atoms with van der Waals surface area (Å²) in [6.45, 7) is 2.98. The van der Waals surface area contributed by atoms with Crippen molar-refractivity contribution in [3.8, 4) is 16.5 Å². The van der Waals surface area contributed by atoms with Crippen molar-refractivity contribution in [2.24, 2.45) is 0 Å². The monoisotopic (exact) mass is 401 g/mol. The van der Waals surface area contributed by atoms with Gasteiger partial charge in [0.15, 0.2) is 0 Å². The van der Waals surface area contributed by atoms with Crippen LogP contribution >= 0.6 is 27.3 Å². The highest BCUT2D eigenvalue weighted by atomic mass is 79.9. The summed E-state index contributed by atoms with van der Waals surface area (Å²) in [6.07, 6.45) is 1.19. The molecule has 0 aliphatic rings. The van der Waals surface area contributed by atoms with Gasteiger partial charge in [0.05, 0.1) is 17.2 Å². The number of hydrogen-bond acceptors (Lipinski definition) is 5. The minimum atomic E-state index is -2.92. The van der Waals surface area contributed by atoms with Crippen LogP contribution in [0.15, 0.2) is 28.3 Å². The maximum atomic E-state index is 12.2. The molecule has 0 saturated heterocycles. The molecule has 4 nitrogen and oxygen atoms in total. The Morgan fingerprint density at radius 3 is 2.57 bits per heavy atom. The number of ether oxygens (including phenoxy) is 1. The van der Waals surface area contributed by atoms with Gasteiger partial charge in [-0.1, -0.05) is 13.8 Å². The van der Waals surface area contributed by atoms with Crippen LogP contribution in [0.5, 0.6) is 5.88 Å². The highest BCUT2D eigenvalue weighted by molar-refractivity contribution is 9.10. The molecule has 2 aromatic heterocycles. The van der Waals surface area contributed by atoms with Crippen LogP contribution in [0, 0.1) is 6.92 Å². The van der Waals surface area contributed by atoms with Crippen molar-refractivity contribution in [2.45, 2.75) is 27.4 Å². The summed E-state index contributed by atoms with van der Waals surface area (Å²) in [6, 6.07) is 3.71. The van der Waals surface area contributed by atoms with Crippen molar-refractivity contribution in [1.29, 1.82) is 0 Å². The summed E-state index contributed by atoms with van der Waals surface area (Å²) in [5.41, 5.74) is 2.85. The Balaban J connectivity index is 0.000000924. The number of thiazole rings is 1. The summed E-state index contributed by atoms with van der Waals surface area (Å²) in [5, 5.41) is 2.65. The number of aryl methyl sites for hydroxylation is 1. The van der Waals surface area contributed by atoms with Gasteiger partial charge in [0, 0.05) is 10.9 Å². The van der Waals surface area contributed by atoms with Gasteiger partial charge in [-0.3, -0.25) is 0 Å². The molecule has 3 rings (SSSR count). The minimum Gasteiger partial charge on any atom is -0.415 e. The van der Waals surface area contributed by atoms with E-state index in [1.54, 1.807) is 6.07 Å². The fourth-order valence-electron chi connectivity index (χ4n) is 1.94. The molecule has 0 amide bonds. The topological polar surface area (TPSA) is 47.9 Å². The Morgan fingerprint density at radius 2 is 1.96 bits per heavy atom. The van der Waals surface area contributed by atoms with Gasteiger partial charge in [0.25, 0.3) is 0 Å². The first-order valence-corrected chi connectivity index (χ1v) is 8.54. The van der Waals surface area contributed by atoms with Gasteiger partial charge in [-0.25, -0.2) is 15.0 Å². The van der Waals surface area contributed by atoms with E-state index in [1.165, 1.54) is 17.5 Å². The molecule has 0 bridgehead atoms. The van der Waals surface area contributed by atoms with Gasteiger partial charge in [-0.05, 0) is 40.5 Å². The molecule has 3 aromatic rings. The number of halogens is 3. The predicted molar refractivity (Wildman–Crippen MR) is 91.1 cm³/mol. The molecule has 0 saturated carbocycles. The van der Waals surface area contributed by atoms with E-state index in [9.17, 15) is 8.78 Å². The fourth-order valence-corrected chi connectivity index (χ4v) is 3.21. The lowest BCUT2D eigenvalue weighted by Crippen LogP contribution is -2.04. The largest absolute Gasteiger partial charge is 0.415 e. The lowest BCUT2D eigenvalue weighted by molar-refractivity contribution is -0.0528. The molecule has 0 fully saturated rings. The Bertz CT molecular complexity index is 811. The van der Waals surface area contributed by atoms with Crippen LogP contribution in [-0.2, 0) is 0 Å². The average molecular weight is 402 g/mol. The van der Waals surface area contributed by atoms with Gasteiger partial charge < -0.3 is 4.74 Å². The number of hydrogen-bond donors (Lipinski definition) is 0. The SMILES string of the molecule is CC.Cc1cc(-c2nc(Br)cs2)c2ncc(OC(F)F)nc2c1. The number of rotatable bonds is 3. The predicted octanol–water partition coefficient (Wildman–Crippen LogP) is 5.45. The number of benzene rings is 1. The molecule has 0 atom stereocenters. The first kappa shape index (κ1) is 17.7. The maximum Gasteiger partial charge on any atom is 0.388 e. The molecule has 0 spiro atoms. The molecule has 0 N–H and O–H groups in total. The van der Waals surface area contributed by atoms with Crippen molar-refractivity contribution in [1.82, 2.24) is 15.0 Å². The van der Waals surface area contributed by atoms with Crippen molar-refractivity contribution >= 4 is 38.3 Å². The Hall–Kier alpha value is -1.67. The van der Waals surface area contributed by atoms with E-state index in [-0.39, 0.29) is 5.88 Å². The third kappa shape index (κ3) is 4.20. The van der Waals surface area contributed by atoms with Gasteiger partial charge in [-0.15, -0.1) is 11.3 Å². The van der Waals surface area contributed by atoms with E-state index in [1.807, 2.05) is 32.2 Å². The Labute approximate surface area is 144 Å². The Morgan fingerprint density at radius 1 is 1.22 bits per heavy atom. The second-order valence-corrected chi connectivity index (χ2v) is 5.91. The molecular weight excluding hydrogens is 388 g/mol. The zero-order valence-corrected chi connectivity index (χ0v) is 15.1. The second-order valence-electron chi connectivity index (χ2n) is 4.24. The molecule has 0 aliphatic heterocycles. The highest BCUT2D eigenvalue weighted by Gasteiger charge is 2.13.